The predicted octanol–water partition coefficient (Wildman–Crippen LogP) is 3.33. The van der Waals surface area contributed by atoms with Crippen molar-refractivity contribution in [2.24, 2.45) is 4.36 Å². The molecule has 3 aromatic rings. The number of nitrogens with zero attached hydrogens (tertiary/aromatic N) is 3. The number of benzene rings is 1. The van der Waals surface area contributed by atoms with Gasteiger partial charge in [0.25, 0.3) is 0 Å². The van der Waals surface area contributed by atoms with Crippen LogP contribution in [0.25, 0.3) is 16.9 Å². The van der Waals surface area contributed by atoms with Crippen molar-refractivity contribution in [3.63, 3.8) is 0 Å². The van der Waals surface area contributed by atoms with Gasteiger partial charge in [-0.05, 0) is 40.2 Å². The average molecular weight is 394 g/mol. The molecule has 0 bridgehead atoms. The zero-order chi connectivity index (χ0) is 16.4. The van der Waals surface area contributed by atoms with E-state index in [9.17, 15) is 13.2 Å². The van der Waals surface area contributed by atoms with E-state index in [1.807, 2.05) is 28.8 Å². The van der Waals surface area contributed by atoms with Crippen LogP contribution in [0.3, 0.4) is 0 Å². The lowest BCUT2D eigenvalue weighted by Gasteiger charge is -2.05. The van der Waals surface area contributed by atoms with Gasteiger partial charge >= 0.3 is 16.6 Å². The van der Waals surface area contributed by atoms with Crippen molar-refractivity contribution < 1.29 is 17.9 Å². The lowest BCUT2D eigenvalue weighted by atomic mass is 10.1. The molecule has 0 radical (unpaired) electrons. The summed E-state index contributed by atoms with van der Waals surface area (Å²) in [6.45, 7) is 0. The average Bonchev–Trinajstić information content (AvgIpc) is 2.89. The van der Waals surface area contributed by atoms with E-state index < -0.39 is 16.6 Å². The number of imidazole rings is 1. The van der Waals surface area contributed by atoms with Crippen molar-refractivity contribution in [1.29, 1.82) is 0 Å². The van der Waals surface area contributed by atoms with Gasteiger partial charge in [0.2, 0.25) is 0 Å². The van der Waals surface area contributed by atoms with Crippen LogP contribution in [-0.2, 0) is 10.5 Å². The van der Waals surface area contributed by atoms with Gasteiger partial charge in [0, 0.05) is 16.2 Å². The molecule has 1 amide bonds. The van der Waals surface area contributed by atoms with E-state index in [1.165, 1.54) is 6.07 Å². The summed E-state index contributed by atoms with van der Waals surface area (Å²) in [6, 6.07) is 10.4. The molecule has 1 aromatic carbocycles. The van der Waals surface area contributed by atoms with Crippen LogP contribution in [0.15, 0.2) is 57.6 Å². The van der Waals surface area contributed by atoms with Crippen LogP contribution >= 0.6 is 15.9 Å². The number of carbonyl (C=O) groups excluding carboxylic acids is 1. The zero-order valence-electron chi connectivity index (χ0n) is 11.4. The Morgan fingerprint density at radius 3 is 2.87 bits per heavy atom. The minimum Gasteiger partial charge on any atom is -0.408 e. The summed E-state index contributed by atoms with van der Waals surface area (Å²) in [5, 5.41) is 0. The highest BCUT2D eigenvalue weighted by molar-refractivity contribution is 9.10. The van der Waals surface area contributed by atoms with Crippen molar-refractivity contribution in [3.8, 4) is 17.0 Å². The van der Waals surface area contributed by atoms with Crippen molar-refractivity contribution in [1.82, 2.24) is 9.38 Å². The number of carbonyl (C=O) groups is 1. The molecule has 0 aliphatic heterocycles. The molecule has 3 rings (SSSR count). The third-order valence-electron chi connectivity index (χ3n) is 2.95. The Morgan fingerprint density at radius 1 is 1.26 bits per heavy atom. The SMILES string of the molecule is O=C(N=S(=O)=O)Oc1cccc(-c2cnc3ccc(Br)cn23)c1. The first kappa shape index (κ1) is 15.4. The molecule has 0 aliphatic rings. The lowest BCUT2D eigenvalue weighted by molar-refractivity contribution is 0.212. The maximum Gasteiger partial charge on any atom is 0.454 e. The fourth-order valence-corrected chi connectivity index (χ4v) is 2.56. The second kappa shape index (κ2) is 6.31. The number of aromatic nitrogens is 2. The molecule has 0 unspecified atom stereocenters. The van der Waals surface area contributed by atoms with Crippen LogP contribution in [0.2, 0.25) is 0 Å². The van der Waals surface area contributed by atoms with Crippen LogP contribution in [0.4, 0.5) is 4.79 Å². The van der Waals surface area contributed by atoms with Crippen molar-refractivity contribution in [3.05, 3.63) is 53.3 Å². The van der Waals surface area contributed by atoms with Crippen molar-refractivity contribution >= 4 is 38.2 Å². The molecule has 0 N–H and O–H groups in total. The summed E-state index contributed by atoms with van der Waals surface area (Å²) < 4.78 is 31.1. The number of ether oxygens (including phenoxy) is 1. The monoisotopic (exact) mass is 393 g/mol. The van der Waals surface area contributed by atoms with Crippen LogP contribution in [0.1, 0.15) is 0 Å². The van der Waals surface area contributed by atoms with Gasteiger partial charge in [-0.2, -0.15) is 8.42 Å². The van der Waals surface area contributed by atoms with Gasteiger partial charge in [0.05, 0.1) is 11.9 Å². The molecule has 0 fully saturated rings. The highest BCUT2D eigenvalue weighted by Gasteiger charge is 2.09. The maximum absolute atomic E-state index is 11.3. The number of fused-ring (bicyclic) bond motifs is 1. The standard InChI is InChI=1S/C14H8BrN3O4S/c15-10-4-5-13-16-7-12(18(13)8-10)9-2-1-3-11(6-9)22-14(19)17-23(20)21/h1-8H. The molecule has 116 valence electrons. The fraction of sp³-hybridized carbons (Fsp3) is 0. The first-order chi connectivity index (χ1) is 11.0. The van der Waals surface area contributed by atoms with E-state index in [4.69, 9.17) is 4.74 Å². The smallest absolute Gasteiger partial charge is 0.408 e. The van der Waals surface area contributed by atoms with Gasteiger partial charge in [0.15, 0.2) is 0 Å². The van der Waals surface area contributed by atoms with Crippen molar-refractivity contribution in [2.75, 3.05) is 0 Å². The Kier molecular flexibility index (Phi) is 4.22. The van der Waals surface area contributed by atoms with Gasteiger partial charge in [0.1, 0.15) is 11.4 Å². The molecule has 23 heavy (non-hydrogen) atoms. The molecular weight excluding hydrogens is 386 g/mol. The number of pyridine rings is 1. The minimum atomic E-state index is -2.84. The highest BCUT2D eigenvalue weighted by atomic mass is 79.9. The lowest BCUT2D eigenvalue weighted by Crippen LogP contribution is -2.01. The van der Waals surface area contributed by atoms with E-state index >= 15 is 0 Å². The Morgan fingerprint density at radius 2 is 2.09 bits per heavy atom. The first-order valence-electron chi connectivity index (χ1n) is 6.29. The second-order valence-electron chi connectivity index (χ2n) is 4.42. The molecule has 0 saturated heterocycles. The zero-order valence-corrected chi connectivity index (χ0v) is 13.8. The number of halogens is 1. The van der Waals surface area contributed by atoms with Crippen LogP contribution in [0.5, 0.6) is 5.75 Å². The highest BCUT2D eigenvalue weighted by Crippen LogP contribution is 2.26. The Labute approximate surface area is 140 Å². The van der Waals surface area contributed by atoms with Gasteiger partial charge in [-0.3, -0.25) is 4.40 Å². The number of hydrogen-bond donors (Lipinski definition) is 0. The van der Waals surface area contributed by atoms with Crippen LogP contribution < -0.4 is 4.74 Å². The van der Waals surface area contributed by atoms with Gasteiger partial charge < -0.3 is 4.74 Å². The molecule has 0 saturated carbocycles. The topological polar surface area (TPSA) is 90.1 Å². The third-order valence-corrected chi connectivity index (χ3v) is 3.72. The molecular formula is C14H8BrN3O4S. The number of rotatable bonds is 2. The summed E-state index contributed by atoms with van der Waals surface area (Å²) in [5.41, 5.74) is 2.31. The normalized spacial score (nSPS) is 10.5. The number of amides is 1. The largest absolute Gasteiger partial charge is 0.454 e. The summed E-state index contributed by atoms with van der Waals surface area (Å²) >= 11 is 3.41. The van der Waals surface area contributed by atoms with Crippen LogP contribution in [0, 0.1) is 0 Å². The summed E-state index contributed by atoms with van der Waals surface area (Å²) in [4.78, 5) is 15.6. The van der Waals surface area contributed by atoms with E-state index in [0.717, 1.165) is 21.4 Å². The minimum absolute atomic E-state index is 0.187. The quantitative estimate of drug-likeness (QED) is 0.665. The molecule has 7 nitrogen and oxygen atoms in total. The van der Waals surface area contributed by atoms with E-state index in [1.54, 1.807) is 18.3 Å². The van der Waals surface area contributed by atoms with Gasteiger partial charge in [-0.25, -0.2) is 9.78 Å². The third kappa shape index (κ3) is 3.46. The molecule has 0 atom stereocenters. The first-order valence-corrected chi connectivity index (χ1v) is 8.11. The van der Waals surface area contributed by atoms with E-state index in [-0.39, 0.29) is 5.75 Å². The maximum atomic E-state index is 11.3. The Hall–Kier alpha value is -2.52. The fourth-order valence-electron chi connectivity index (χ4n) is 2.07. The molecule has 0 aliphatic carbocycles. The molecule has 2 heterocycles. The molecule has 9 heteroatoms. The second-order valence-corrected chi connectivity index (χ2v) is 5.96. The molecule has 2 aromatic heterocycles. The van der Waals surface area contributed by atoms with E-state index in [0.29, 0.717) is 0 Å². The summed E-state index contributed by atoms with van der Waals surface area (Å²) in [6.07, 6.45) is 2.36. The summed E-state index contributed by atoms with van der Waals surface area (Å²) in [5.74, 6) is 0.187. The summed E-state index contributed by atoms with van der Waals surface area (Å²) in [7, 11) is -2.84. The van der Waals surface area contributed by atoms with E-state index in [2.05, 4.69) is 25.3 Å². The van der Waals surface area contributed by atoms with Gasteiger partial charge in [-0.1, -0.05) is 16.5 Å². The van der Waals surface area contributed by atoms with Crippen molar-refractivity contribution in [2.45, 2.75) is 0 Å². The van der Waals surface area contributed by atoms with Gasteiger partial charge in [-0.15, -0.1) is 0 Å². The molecule has 0 spiro atoms. The Balaban J connectivity index is 2.00. The van der Waals surface area contributed by atoms with Crippen LogP contribution in [-0.4, -0.2) is 23.9 Å². The number of hydrogen-bond acceptors (Lipinski definition) is 5. The Bertz CT molecular complexity index is 1040. The predicted molar refractivity (Wildman–Crippen MR) is 85.7 cm³/mol.